The highest BCUT2D eigenvalue weighted by Gasteiger charge is 2.30. The second-order valence-corrected chi connectivity index (χ2v) is 10.3. The fraction of sp³-hybridized carbons (Fsp3) is 0.273. The van der Waals surface area contributed by atoms with Crippen molar-refractivity contribution in [2.24, 2.45) is 0 Å². The van der Waals surface area contributed by atoms with Crippen LogP contribution in [0.1, 0.15) is 26.5 Å². The molecule has 0 saturated heterocycles. The van der Waals surface area contributed by atoms with Crippen LogP contribution in [0.4, 0.5) is 5.13 Å². The number of methoxy groups -OCH3 is 2. The van der Waals surface area contributed by atoms with E-state index in [-0.39, 0.29) is 17.3 Å². The largest absolute Gasteiger partial charge is 0.497 e. The average molecular weight is 474 g/mol. The molecule has 0 fully saturated rings. The van der Waals surface area contributed by atoms with Gasteiger partial charge in [-0.1, -0.05) is 17.7 Å². The summed E-state index contributed by atoms with van der Waals surface area (Å²) in [6.07, 6.45) is 0.485. The second-order valence-electron chi connectivity index (χ2n) is 7.31. The van der Waals surface area contributed by atoms with E-state index in [4.69, 9.17) is 9.47 Å². The van der Waals surface area contributed by atoms with E-state index in [9.17, 15) is 13.2 Å². The molecule has 2 heterocycles. The zero-order chi connectivity index (χ0) is 22.9. The van der Waals surface area contributed by atoms with Gasteiger partial charge < -0.3 is 9.47 Å². The van der Waals surface area contributed by atoms with Gasteiger partial charge in [0.2, 0.25) is 10.0 Å². The summed E-state index contributed by atoms with van der Waals surface area (Å²) >= 11 is 1.28. The normalized spacial score (nSPS) is 14.0. The lowest BCUT2D eigenvalue weighted by atomic mass is 10.2. The van der Waals surface area contributed by atoms with Gasteiger partial charge in [0.15, 0.2) is 5.13 Å². The van der Waals surface area contributed by atoms with Crippen LogP contribution in [0.5, 0.6) is 11.5 Å². The van der Waals surface area contributed by atoms with Gasteiger partial charge in [-0.25, -0.2) is 13.4 Å². The molecule has 8 nitrogen and oxygen atoms in total. The minimum Gasteiger partial charge on any atom is -0.497 e. The highest BCUT2D eigenvalue weighted by atomic mass is 32.2. The number of anilines is 1. The molecule has 1 aliphatic heterocycles. The molecule has 0 spiro atoms. The van der Waals surface area contributed by atoms with Crippen LogP contribution in [0, 0.1) is 6.92 Å². The molecule has 0 unspecified atom stereocenters. The van der Waals surface area contributed by atoms with Crippen molar-refractivity contribution in [2.45, 2.75) is 24.8 Å². The Kier molecular flexibility index (Phi) is 6.18. The molecular formula is C22H23N3O5S2. The van der Waals surface area contributed by atoms with Gasteiger partial charge in [0.1, 0.15) is 11.5 Å². The highest BCUT2D eigenvalue weighted by molar-refractivity contribution is 7.89. The van der Waals surface area contributed by atoms with Gasteiger partial charge in [0.25, 0.3) is 5.91 Å². The van der Waals surface area contributed by atoms with Crippen molar-refractivity contribution in [1.82, 2.24) is 9.29 Å². The molecular weight excluding hydrogens is 450 g/mol. The Morgan fingerprint density at radius 3 is 2.56 bits per heavy atom. The molecule has 3 aromatic rings. The number of fused-ring (bicyclic) bond motifs is 1. The van der Waals surface area contributed by atoms with E-state index in [1.807, 2.05) is 6.92 Å². The summed E-state index contributed by atoms with van der Waals surface area (Å²) in [6, 6.07) is 11.8. The molecule has 0 bridgehead atoms. The zero-order valence-corrected chi connectivity index (χ0v) is 19.5. The minimum absolute atomic E-state index is 0.227. The summed E-state index contributed by atoms with van der Waals surface area (Å²) in [4.78, 5) is 18.4. The summed E-state index contributed by atoms with van der Waals surface area (Å²) in [5, 5.41) is 3.22. The molecule has 0 aliphatic carbocycles. The fourth-order valence-electron chi connectivity index (χ4n) is 3.44. The van der Waals surface area contributed by atoms with Crippen LogP contribution in [0.2, 0.25) is 0 Å². The first-order valence-electron chi connectivity index (χ1n) is 9.90. The maximum atomic E-state index is 13.0. The number of sulfonamides is 1. The van der Waals surface area contributed by atoms with E-state index in [0.717, 1.165) is 16.1 Å². The van der Waals surface area contributed by atoms with Crippen molar-refractivity contribution in [2.75, 3.05) is 26.1 Å². The minimum atomic E-state index is -3.60. The smallest absolute Gasteiger partial charge is 0.261 e. The van der Waals surface area contributed by atoms with Crippen molar-refractivity contribution >= 4 is 32.4 Å². The number of thiazole rings is 1. The molecule has 2 aromatic carbocycles. The number of nitrogens with zero attached hydrogens (tertiary/aromatic N) is 2. The molecule has 4 rings (SSSR count). The van der Waals surface area contributed by atoms with Crippen LogP contribution in [0.25, 0.3) is 0 Å². The van der Waals surface area contributed by atoms with Crippen LogP contribution in [0.3, 0.4) is 0 Å². The van der Waals surface area contributed by atoms with Crippen molar-refractivity contribution in [3.05, 3.63) is 64.2 Å². The van der Waals surface area contributed by atoms with Crippen molar-refractivity contribution in [3.8, 4) is 11.5 Å². The Labute approximate surface area is 190 Å². The predicted molar refractivity (Wildman–Crippen MR) is 122 cm³/mol. The lowest BCUT2D eigenvalue weighted by molar-refractivity contribution is 0.102. The molecule has 32 heavy (non-hydrogen) atoms. The third-order valence-electron chi connectivity index (χ3n) is 5.23. The van der Waals surface area contributed by atoms with Crippen molar-refractivity contribution in [3.63, 3.8) is 0 Å². The number of hydrogen-bond acceptors (Lipinski definition) is 7. The summed E-state index contributed by atoms with van der Waals surface area (Å²) < 4.78 is 38.0. The molecule has 1 aliphatic rings. The quantitative estimate of drug-likeness (QED) is 0.589. The molecule has 1 N–H and O–H groups in total. The van der Waals surface area contributed by atoms with E-state index in [1.165, 1.54) is 29.9 Å². The topological polar surface area (TPSA) is 97.8 Å². The molecule has 0 saturated carbocycles. The van der Waals surface area contributed by atoms with Crippen LogP contribution in [0.15, 0.2) is 47.4 Å². The zero-order valence-electron chi connectivity index (χ0n) is 17.9. The van der Waals surface area contributed by atoms with Crippen LogP contribution in [-0.2, 0) is 23.0 Å². The van der Waals surface area contributed by atoms with Crippen LogP contribution >= 0.6 is 11.3 Å². The van der Waals surface area contributed by atoms with Crippen LogP contribution < -0.4 is 14.8 Å². The van der Waals surface area contributed by atoms with Crippen molar-refractivity contribution in [1.29, 1.82) is 0 Å². The number of amides is 1. The van der Waals surface area contributed by atoms with Gasteiger partial charge in [0.05, 0.1) is 36.9 Å². The number of benzene rings is 2. The first kappa shape index (κ1) is 22.3. The maximum absolute atomic E-state index is 13.0. The number of ether oxygens (including phenoxy) is 2. The van der Waals surface area contributed by atoms with E-state index >= 15 is 0 Å². The number of aryl methyl sites for hydroxylation is 1. The number of carbonyl (C=O) groups excluding carboxylic acids is 1. The molecule has 10 heteroatoms. The summed E-state index contributed by atoms with van der Waals surface area (Å²) in [6.45, 7) is 2.48. The number of hydrogen-bond donors (Lipinski definition) is 1. The first-order valence-corrected chi connectivity index (χ1v) is 12.2. The Morgan fingerprint density at radius 2 is 1.88 bits per heavy atom. The van der Waals surface area contributed by atoms with Gasteiger partial charge in [-0.2, -0.15) is 4.31 Å². The number of aromatic nitrogens is 1. The van der Waals surface area contributed by atoms with Gasteiger partial charge >= 0.3 is 0 Å². The Bertz CT molecular complexity index is 1250. The average Bonchev–Trinajstić information content (AvgIpc) is 3.20. The molecule has 1 aromatic heterocycles. The number of rotatable bonds is 6. The standard InChI is InChI=1S/C22H23N3O5S2/c1-14-4-7-16(8-5-14)32(27,28)25-11-10-18-20(13-25)31-22(23-18)24-21(26)17-9-6-15(29-2)12-19(17)30-3/h4-9,12H,10-11,13H2,1-3H3,(H,23,24,26). The third-order valence-corrected chi connectivity index (χ3v) is 8.09. The maximum Gasteiger partial charge on any atom is 0.261 e. The first-order chi connectivity index (χ1) is 15.3. The molecule has 0 radical (unpaired) electrons. The fourth-order valence-corrected chi connectivity index (χ4v) is 5.95. The lowest BCUT2D eigenvalue weighted by Gasteiger charge is -2.25. The monoisotopic (exact) mass is 473 g/mol. The van der Waals surface area contributed by atoms with Gasteiger partial charge in [-0.15, -0.1) is 11.3 Å². The second kappa shape index (κ2) is 8.89. The van der Waals surface area contributed by atoms with Gasteiger partial charge in [-0.05, 0) is 31.2 Å². The van der Waals surface area contributed by atoms with Gasteiger partial charge in [-0.3, -0.25) is 10.1 Å². The van der Waals surface area contributed by atoms with E-state index in [0.29, 0.717) is 35.2 Å². The number of nitrogens with one attached hydrogen (secondary N) is 1. The SMILES string of the molecule is COc1ccc(C(=O)Nc2nc3c(s2)CN(S(=O)(=O)c2ccc(C)cc2)CC3)c(OC)c1. The summed E-state index contributed by atoms with van der Waals surface area (Å²) in [5.74, 6) is 0.608. The summed E-state index contributed by atoms with van der Waals surface area (Å²) in [7, 11) is -0.576. The van der Waals surface area contributed by atoms with Crippen molar-refractivity contribution < 1.29 is 22.7 Å². The van der Waals surface area contributed by atoms with Gasteiger partial charge in [0, 0.05) is 23.9 Å². The van der Waals surface area contributed by atoms with Crippen LogP contribution in [-0.4, -0.2) is 44.4 Å². The third kappa shape index (κ3) is 4.34. The van der Waals surface area contributed by atoms with E-state index in [1.54, 1.807) is 42.5 Å². The molecule has 0 atom stereocenters. The summed E-state index contributed by atoms with van der Waals surface area (Å²) in [5.41, 5.74) is 2.16. The Morgan fingerprint density at radius 1 is 1.12 bits per heavy atom. The predicted octanol–water partition coefficient (Wildman–Crippen LogP) is 3.47. The molecule has 1 amide bonds. The van der Waals surface area contributed by atoms with E-state index in [2.05, 4.69) is 10.3 Å². The Balaban J connectivity index is 1.51. The lowest BCUT2D eigenvalue weighted by Crippen LogP contribution is -2.35. The Hall–Kier alpha value is -2.95. The number of carbonyl (C=O) groups is 1. The highest BCUT2D eigenvalue weighted by Crippen LogP contribution is 2.32. The van der Waals surface area contributed by atoms with E-state index < -0.39 is 10.0 Å². The molecule has 168 valence electrons.